The lowest BCUT2D eigenvalue weighted by Gasteiger charge is -2.08. The van der Waals surface area contributed by atoms with Gasteiger partial charge in [0.15, 0.2) is 0 Å². The second-order valence-corrected chi connectivity index (χ2v) is 4.40. The van der Waals surface area contributed by atoms with Crippen LogP contribution in [0.4, 0.5) is 0 Å². The maximum atomic E-state index is 11.2. The Labute approximate surface area is 102 Å². The van der Waals surface area contributed by atoms with Gasteiger partial charge in [0, 0.05) is 5.39 Å². The number of hydrogen-bond donors (Lipinski definition) is 2. The van der Waals surface area contributed by atoms with Gasteiger partial charge in [-0.3, -0.25) is 0 Å². The Balaban J connectivity index is 2.53. The van der Waals surface area contributed by atoms with Gasteiger partial charge in [0.2, 0.25) is 0 Å². The van der Waals surface area contributed by atoms with E-state index >= 15 is 0 Å². The van der Waals surface area contributed by atoms with Crippen molar-refractivity contribution in [1.82, 2.24) is 0 Å². The first-order chi connectivity index (χ1) is 8.59. The number of aromatic carboxylic acids is 2. The van der Waals surface area contributed by atoms with Crippen LogP contribution in [0.5, 0.6) is 0 Å². The van der Waals surface area contributed by atoms with Crippen LogP contribution in [-0.4, -0.2) is 22.2 Å². The SMILES string of the molecule is O=C(O)c1ccc2c3c(ccc(C(=O)O)c13)CC2. The Morgan fingerprint density at radius 2 is 1.22 bits per heavy atom. The standard InChI is InChI=1S/C14H10O4/c15-13(16)9-5-3-7-1-2-8-4-6-10(14(17)18)12(9)11(7)8/h3-6H,1-2H2,(H,15,16)(H,17,18). The zero-order chi connectivity index (χ0) is 12.9. The molecule has 0 aromatic heterocycles. The van der Waals surface area contributed by atoms with E-state index in [0.29, 0.717) is 5.39 Å². The monoisotopic (exact) mass is 242 g/mol. The number of carbonyl (C=O) groups is 2. The van der Waals surface area contributed by atoms with Crippen molar-refractivity contribution in [3.8, 4) is 0 Å². The Morgan fingerprint density at radius 3 is 1.61 bits per heavy atom. The summed E-state index contributed by atoms with van der Waals surface area (Å²) in [6.07, 6.45) is 1.68. The van der Waals surface area contributed by atoms with Gasteiger partial charge >= 0.3 is 11.9 Å². The molecule has 3 rings (SSSR count). The fourth-order valence-electron chi connectivity index (χ4n) is 2.69. The predicted molar refractivity (Wildman–Crippen MR) is 65.3 cm³/mol. The van der Waals surface area contributed by atoms with Gasteiger partial charge in [-0.05, 0) is 41.5 Å². The minimum Gasteiger partial charge on any atom is -0.478 e. The molecule has 2 aromatic carbocycles. The maximum absolute atomic E-state index is 11.2. The summed E-state index contributed by atoms with van der Waals surface area (Å²) in [5.74, 6) is -2.18. The van der Waals surface area contributed by atoms with Gasteiger partial charge in [-0.25, -0.2) is 9.59 Å². The van der Waals surface area contributed by atoms with Crippen LogP contribution in [-0.2, 0) is 12.8 Å². The summed E-state index contributed by atoms with van der Waals surface area (Å²) in [6, 6.07) is 6.57. The summed E-state index contributed by atoms with van der Waals surface area (Å²) in [5.41, 5.74) is 2.20. The molecule has 90 valence electrons. The molecule has 0 fully saturated rings. The molecule has 18 heavy (non-hydrogen) atoms. The first-order valence-electron chi connectivity index (χ1n) is 5.63. The fourth-order valence-corrected chi connectivity index (χ4v) is 2.69. The molecule has 0 radical (unpaired) electrons. The predicted octanol–water partition coefficient (Wildman–Crippen LogP) is 2.33. The third kappa shape index (κ3) is 1.32. The molecule has 0 spiro atoms. The van der Waals surface area contributed by atoms with Gasteiger partial charge in [0.25, 0.3) is 0 Å². The Morgan fingerprint density at radius 1 is 0.778 bits per heavy atom. The number of rotatable bonds is 2. The fraction of sp³-hybridized carbons (Fsp3) is 0.143. The minimum atomic E-state index is -1.09. The van der Waals surface area contributed by atoms with E-state index in [1.54, 1.807) is 12.1 Å². The lowest BCUT2D eigenvalue weighted by molar-refractivity contribution is 0.0695. The largest absolute Gasteiger partial charge is 0.478 e. The summed E-state index contributed by atoms with van der Waals surface area (Å²) in [7, 11) is 0. The van der Waals surface area contributed by atoms with E-state index < -0.39 is 11.9 Å². The first kappa shape index (κ1) is 10.8. The van der Waals surface area contributed by atoms with E-state index in [-0.39, 0.29) is 11.1 Å². The molecular weight excluding hydrogens is 232 g/mol. The van der Waals surface area contributed by atoms with Crippen LogP contribution in [0.1, 0.15) is 31.8 Å². The van der Waals surface area contributed by atoms with Crippen molar-refractivity contribution in [3.05, 3.63) is 46.5 Å². The van der Waals surface area contributed by atoms with Crippen LogP contribution in [0.2, 0.25) is 0 Å². The zero-order valence-corrected chi connectivity index (χ0v) is 9.43. The number of carboxylic acid groups (broad SMARTS) is 2. The highest BCUT2D eigenvalue weighted by Crippen LogP contribution is 2.35. The number of carboxylic acids is 2. The molecular formula is C14H10O4. The molecule has 2 N–H and O–H groups in total. The van der Waals surface area contributed by atoms with Crippen molar-refractivity contribution >= 4 is 22.7 Å². The molecule has 0 amide bonds. The van der Waals surface area contributed by atoms with Crippen LogP contribution >= 0.6 is 0 Å². The highest BCUT2D eigenvalue weighted by molar-refractivity contribution is 6.14. The second kappa shape index (κ2) is 3.57. The topological polar surface area (TPSA) is 74.6 Å². The quantitative estimate of drug-likeness (QED) is 0.847. The summed E-state index contributed by atoms with van der Waals surface area (Å²) in [4.78, 5) is 22.5. The molecule has 4 heteroatoms. The van der Waals surface area contributed by atoms with Crippen molar-refractivity contribution in [3.63, 3.8) is 0 Å². The molecule has 2 aromatic rings. The van der Waals surface area contributed by atoms with Crippen LogP contribution in [0, 0.1) is 0 Å². The average molecular weight is 242 g/mol. The normalized spacial score (nSPS) is 12.9. The highest BCUT2D eigenvalue weighted by atomic mass is 16.4. The van der Waals surface area contributed by atoms with E-state index in [1.807, 2.05) is 0 Å². The van der Waals surface area contributed by atoms with Gasteiger partial charge in [0.1, 0.15) is 0 Å². The van der Waals surface area contributed by atoms with Crippen LogP contribution < -0.4 is 0 Å². The van der Waals surface area contributed by atoms with Gasteiger partial charge in [-0.1, -0.05) is 12.1 Å². The molecule has 0 unspecified atom stereocenters. The molecule has 0 saturated heterocycles. The molecule has 0 saturated carbocycles. The first-order valence-corrected chi connectivity index (χ1v) is 5.63. The lowest BCUT2D eigenvalue weighted by atomic mass is 9.95. The summed E-state index contributed by atoms with van der Waals surface area (Å²) in [5, 5.41) is 19.6. The molecule has 4 nitrogen and oxygen atoms in total. The van der Waals surface area contributed by atoms with Gasteiger partial charge in [-0.2, -0.15) is 0 Å². The van der Waals surface area contributed by atoms with Crippen molar-refractivity contribution in [2.75, 3.05) is 0 Å². The Bertz CT molecular complexity index is 644. The minimum absolute atomic E-state index is 0.0647. The van der Waals surface area contributed by atoms with Crippen molar-refractivity contribution in [2.45, 2.75) is 12.8 Å². The van der Waals surface area contributed by atoms with Gasteiger partial charge in [0.05, 0.1) is 11.1 Å². The summed E-state index contributed by atoms with van der Waals surface area (Å²) < 4.78 is 0. The second-order valence-electron chi connectivity index (χ2n) is 4.40. The van der Waals surface area contributed by atoms with E-state index in [4.69, 9.17) is 0 Å². The molecule has 1 aliphatic carbocycles. The van der Waals surface area contributed by atoms with Crippen LogP contribution in [0.3, 0.4) is 0 Å². The van der Waals surface area contributed by atoms with Crippen LogP contribution in [0.25, 0.3) is 10.8 Å². The number of hydrogen-bond acceptors (Lipinski definition) is 2. The van der Waals surface area contributed by atoms with E-state index in [9.17, 15) is 19.8 Å². The maximum Gasteiger partial charge on any atom is 0.336 e. The van der Waals surface area contributed by atoms with Gasteiger partial charge in [-0.15, -0.1) is 0 Å². The summed E-state index contributed by atoms with van der Waals surface area (Å²) >= 11 is 0. The molecule has 0 aliphatic heterocycles. The number of aryl methyl sites for hydroxylation is 2. The average Bonchev–Trinajstić information content (AvgIpc) is 2.74. The molecule has 0 bridgehead atoms. The lowest BCUT2D eigenvalue weighted by Crippen LogP contribution is -2.04. The molecule has 0 atom stereocenters. The smallest absolute Gasteiger partial charge is 0.336 e. The zero-order valence-electron chi connectivity index (χ0n) is 9.43. The van der Waals surface area contributed by atoms with Crippen LogP contribution in [0.15, 0.2) is 24.3 Å². The van der Waals surface area contributed by atoms with Gasteiger partial charge < -0.3 is 10.2 Å². The highest BCUT2D eigenvalue weighted by Gasteiger charge is 2.23. The Hall–Kier alpha value is -2.36. The van der Waals surface area contributed by atoms with Crippen molar-refractivity contribution in [1.29, 1.82) is 0 Å². The summed E-state index contributed by atoms with van der Waals surface area (Å²) in [6.45, 7) is 0. The van der Waals surface area contributed by atoms with Crippen molar-refractivity contribution in [2.24, 2.45) is 0 Å². The third-order valence-electron chi connectivity index (χ3n) is 3.46. The van der Waals surface area contributed by atoms with Crippen molar-refractivity contribution < 1.29 is 19.8 Å². The van der Waals surface area contributed by atoms with E-state index in [0.717, 1.165) is 29.4 Å². The third-order valence-corrected chi connectivity index (χ3v) is 3.46. The molecule has 0 heterocycles. The van der Waals surface area contributed by atoms with E-state index in [1.165, 1.54) is 12.1 Å². The molecule has 1 aliphatic rings. The van der Waals surface area contributed by atoms with E-state index in [2.05, 4.69) is 0 Å². The number of benzene rings is 2. The Kier molecular flexibility index (Phi) is 2.13.